The van der Waals surface area contributed by atoms with E-state index in [-0.39, 0.29) is 24.6 Å². The van der Waals surface area contributed by atoms with Gasteiger partial charge in [-0.25, -0.2) is 4.79 Å². The fraction of sp³-hybridized carbons (Fsp3) is 0.200. The van der Waals surface area contributed by atoms with E-state index in [1.807, 2.05) is 0 Å². The van der Waals surface area contributed by atoms with Gasteiger partial charge in [-0.15, -0.1) is 0 Å². The number of hydrogen-bond donors (Lipinski definition) is 2. The first-order chi connectivity index (χ1) is 6.61. The third kappa shape index (κ3) is 4.10. The maximum atomic E-state index is 11.5. The number of benzene rings is 1. The van der Waals surface area contributed by atoms with Gasteiger partial charge >= 0.3 is 5.97 Å². The van der Waals surface area contributed by atoms with Gasteiger partial charge in [0.2, 0.25) is 0 Å². The van der Waals surface area contributed by atoms with Crippen LogP contribution in [-0.4, -0.2) is 22.9 Å². The molecule has 15 heavy (non-hydrogen) atoms. The molecule has 1 unspecified atom stereocenters. The maximum absolute atomic E-state index is 11.5. The lowest BCUT2D eigenvalue weighted by Gasteiger charge is -2.02. The number of quaternary nitrogens is 1. The van der Waals surface area contributed by atoms with Crippen LogP contribution in [-0.2, 0) is 4.79 Å². The largest absolute Gasteiger partial charge is 1.00 e. The Morgan fingerprint density at radius 1 is 1.27 bits per heavy atom. The molecule has 0 heterocycles. The maximum Gasteiger partial charge on any atom is 0.362 e. The Bertz CT molecular complexity index is 340. The molecule has 1 aromatic carbocycles. The molecule has 0 fully saturated rings. The van der Waals surface area contributed by atoms with Crippen LogP contribution in [0.1, 0.15) is 16.8 Å². The van der Waals surface area contributed by atoms with E-state index in [1.54, 1.807) is 30.3 Å². The van der Waals surface area contributed by atoms with Crippen LogP contribution < -0.4 is 18.1 Å². The van der Waals surface area contributed by atoms with Crippen LogP contribution in [0.15, 0.2) is 30.3 Å². The van der Waals surface area contributed by atoms with E-state index in [2.05, 4.69) is 5.73 Å². The standard InChI is InChI=1S/C10H11NO3.ClH/c11-8(10(13)14)6-9(12)7-4-2-1-3-5-7;/h1-5,8H,6,11H2,(H,13,14);1H. The van der Waals surface area contributed by atoms with Gasteiger partial charge in [-0.1, -0.05) is 30.3 Å². The predicted octanol–water partition coefficient (Wildman–Crippen LogP) is -3.04. The summed E-state index contributed by atoms with van der Waals surface area (Å²) in [4.78, 5) is 21.9. The lowest BCUT2D eigenvalue weighted by molar-refractivity contribution is -0.405. The van der Waals surface area contributed by atoms with Gasteiger partial charge in [0.25, 0.3) is 0 Å². The van der Waals surface area contributed by atoms with Crippen LogP contribution in [0.25, 0.3) is 0 Å². The number of carboxylic acids is 1. The third-order valence-corrected chi connectivity index (χ3v) is 1.88. The smallest absolute Gasteiger partial charge is 0.362 e. The summed E-state index contributed by atoms with van der Waals surface area (Å²) in [7, 11) is 0. The predicted molar refractivity (Wildman–Crippen MR) is 49.7 cm³/mol. The van der Waals surface area contributed by atoms with Crippen molar-refractivity contribution >= 4 is 11.8 Å². The highest BCUT2D eigenvalue weighted by atomic mass is 35.5. The lowest BCUT2D eigenvalue weighted by atomic mass is 10.0. The van der Waals surface area contributed by atoms with Crippen molar-refractivity contribution in [2.45, 2.75) is 12.5 Å². The molecule has 0 bridgehead atoms. The molecule has 4 nitrogen and oxygen atoms in total. The molecule has 0 amide bonds. The van der Waals surface area contributed by atoms with Crippen LogP contribution in [0.4, 0.5) is 0 Å². The lowest BCUT2D eigenvalue weighted by Crippen LogP contribution is -3.00. The number of hydrogen-bond acceptors (Lipinski definition) is 2. The van der Waals surface area contributed by atoms with Crippen LogP contribution >= 0.6 is 0 Å². The van der Waals surface area contributed by atoms with E-state index in [0.29, 0.717) is 5.56 Å². The third-order valence-electron chi connectivity index (χ3n) is 1.88. The Labute approximate surface area is 93.5 Å². The van der Waals surface area contributed by atoms with Gasteiger partial charge in [-0.2, -0.15) is 0 Å². The first-order valence-corrected chi connectivity index (χ1v) is 4.25. The molecule has 1 rings (SSSR count). The average Bonchev–Trinajstić information content (AvgIpc) is 2.19. The minimum absolute atomic E-state index is 0. The molecule has 0 aliphatic rings. The molecule has 0 radical (unpaired) electrons. The molecule has 82 valence electrons. The summed E-state index contributed by atoms with van der Waals surface area (Å²) in [6, 6.07) is 7.74. The number of Topliss-reactive ketones (excluding diaryl/α,β-unsaturated/α-hetero) is 1. The highest BCUT2D eigenvalue weighted by Gasteiger charge is 2.20. The van der Waals surface area contributed by atoms with E-state index in [4.69, 9.17) is 5.11 Å². The summed E-state index contributed by atoms with van der Waals surface area (Å²) in [6.45, 7) is 0. The molecule has 0 aliphatic carbocycles. The summed E-state index contributed by atoms with van der Waals surface area (Å²) in [5, 5.41) is 8.56. The van der Waals surface area contributed by atoms with Gasteiger partial charge in [0.05, 0.1) is 6.42 Å². The van der Waals surface area contributed by atoms with Gasteiger partial charge in [0.1, 0.15) is 0 Å². The van der Waals surface area contributed by atoms with E-state index in [9.17, 15) is 9.59 Å². The van der Waals surface area contributed by atoms with Gasteiger partial charge in [0.15, 0.2) is 11.8 Å². The van der Waals surface area contributed by atoms with E-state index < -0.39 is 12.0 Å². The Hall–Kier alpha value is -1.39. The molecule has 0 aliphatic heterocycles. The van der Waals surface area contributed by atoms with Crippen LogP contribution in [0.5, 0.6) is 0 Å². The second-order valence-corrected chi connectivity index (χ2v) is 3.03. The number of ketones is 1. The zero-order chi connectivity index (χ0) is 10.6. The van der Waals surface area contributed by atoms with Crippen molar-refractivity contribution in [3.8, 4) is 0 Å². The molecule has 1 atom stereocenters. The SMILES string of the molecule is [Cl-].[NH3+]C(CC(=O)c1ccccc1)C(=O)O. The van der Waals surface area contributed by atoms with Crippen LogP contribution in [0.2, 0.25) is 0 Å². The number of rotatable bonds is 4. The van der Waals surface area contributed by atoms with E-state index in [1.165, 1.54) is 0 Å². The van der Waals surface area contributed by atoms with E-state index in [0.717, 1.165) is 0 Å². The zero-order valence-electron chi connectivity index (χ0n) is 8.02. The van der Waals surface area contributed by atoms with E-state index >= 15 is 0 Å². The highest BCUT2D eigenvalue weighted by Crippen LogP contribution is 2.03. The molecule has 5 heteroatoms. The van der Waals surface area contributed by atoms with Crippen molar-refractivity contribution in [1.29, 1.82) is 0 Å². The molecule has 1 aromatic rings. The first-order valence-electron chi connectivity index (χ1n) is 4.25. The fourth-order valence-corrected chi connectivity index (χ4v) is 1.05. The molecular formula is C10H12ClNO3. The van der Waals surface area contributed by atoms with Crippen LogP contribution in [0, 0.1) is 0 Å². The van der Waals surface area contributed by atoms with Crippen molar-refractivity contribution in [1.82, 2.24) is 0 Å². The van der Waals surface area contributed by atoms with Gasteiger partial charge in [-0.3, -0.25) is 4.79 Å². The Kier molecular flexibility index (Phi) is 5.59. The highest BCUT2D eigenvalue weighted by molar-refractivity contribution is 5.98. The van der Waals surface area contributed by atoms with Crippen molar-refractivity contribution < 1.29 is 32.8 Å². The second-order valence-electron chi connectivity index (χ2n) is 3.03. The summed E-state index contributed by atoms with van der Waals surface area (Å²) in [5.74, 6) is -1.23. The topological polar surface area (TPSA) is 82.0 Å². The Morgan fingerprint density at radius 2 is 1.80 bits per heavy atom. The summed E-state index contributed by atoms with van der Waals surface area (Å²) in [6.07, 6.45) is -0.0562. The van der Waals surface area contributed by atoms with Gasteiger partial charge in [-0.05, 0) is 0 Å². The molecule has 0 saturated carbocycles. The fourth-order valence-electron chi connectivity index (χ4n) is 1.05. The van der Waals surface area contributed by atoms with Gasteiger partial charge < -0.3 is 23.2 Å². The summed E-state index contributed by atoms with van der Waals surface area (Å²) >= 11 is 0. The minimum atomic E-state index is -1.05. The van der Waals surface area contributed by atoms with Crippen LogP contribution in [0.3, 0.4) is 0 Å². The molecule has 0 saturated heterocycles. The molecule has 0 spiro atoms. The van der Waals surface area contributed by atoms with Gasteiger partial charge in [0, 0.05) is 5.56 Å². The van der Waals surface area contributed by atoms with Crippen molar-refractivity contribution in [3.05, 3.63) is 35.9 Å². The van der Waals surface area contributed by atoms with Crippen molar-refractivity contribution in [2.75, 3.05) is 0 Å². The number of halogens is 1. The Morgan fingerprint density at radius 3 is 2.27 bits per heavy atom. The number of carboxylic acid groups (broad SMARTS) is 1. The number of aliphatic carboxylic acids is 1. The minimum Gasteiger partial charge on any atom is -1.00 e. The summed E-state index contributed by atoms with van der Waals surface area (Å²) in [5.41, 5.74) is 3.91. The van der Waals surface area contributed by atoms with Crippen molar-refractivity contribution in [3.63, 3.8) is 0 Å². The normalized spacial score (nSPS) is 11.3. The van der Waals surface area contributed by atoms with Crippen molar-refractivity contribution in [2.24, 2.45) is 0 Å². The second kappa shape index (κ2) is 6.16. The first kappa shape index (κ1) is 13.6. The quantitative estimate of drug-likeness (QED) is 0.539. The number of carbonyl (C=O) groups excluding carboxylic acids is 1. The molecule has 0 aromatic heterocycles. The Balaban J connectivity index is 0.00000196. The zero-order valence-corrected chi connectivity index (χ0v) is 8.78. The molecular weight excluding hydrogens is 218 g/mol. The number of carbonyl (C=O) groups is 2. The summed E-state index contributed by atoms with van der Waals surface area (Å²) < 4.78 is 0. The average molecular weight is 230 g/mol. The monoisotopic (exact) mass is 229 g/mol. The molecule has 4 N–H and O–H groups in total.